The summed E-state index contributed by atoms with van der Waals surface area (Å²) in [4.78, 5) is 28.1. The number of halogens is 1. The number of pyridine rings is 2. The fourth-order valence-corrected chi connectivity index (χ4v) is 4.10. The van der Waals surface area contributed by atoms with Crippen LogP contribution in [0.2, 0.25) is 5.02 Å². The number of H-pyrrole nitrogens is 1. The number of benzene rings is 2. The average molecular weight is 442 g/mol. The summed E-state index contributed by atoms with van der Waals surface area (Å²) >= 11 is 5.93. The standard InChI is InChI=1S/C23H12ClN5O3/c24-12-5-6-13(16(11-12)29(30)31)17-7-8-18(32-17)23-27-21-14-3-1-9-25-19(14)20-15(22(21)28-23)4-2-10-26-20/h1-11H,(H,27,28). The predicted octanol–water partition coefficient (Wildman–Crippen LogP) is 6.15. The van der Waals surface area contributed by atoms with Gasteiger partial charge in [-0.05, 0) is 48.5 Å². The fourth-order valence-electron chi connectivity index (χ4n) is 3.93. The fraction of sp³-hybridized carbons (Fsp3) is 0. The van der Waals surface area contributed by atoms with Gasteiger partial charge in [-0.25, -0.2) is 4.98 Å². The first-order valence-electron chi connectivity index (χ1n) is 9.66. The number of nitrogens with one attached hydrogen (secondary N) is 1. The molecule has 0 saturated carbocycles. The van der Waals surface area contributed by atoms with Crippen LogP contribution >= 0.6 is 11.6 Å². The van der Waals surface area contributed by atoms with E-state index in [1.54, 1.807) is 36.7 Å². The van der Waals surface area contributed by atoms with Gasteiger partial charge in [-0.15, -0.1) is 0 Å². The molecule has 4 aromatic heterocycles. The summed E-state index contributed by atoms with van der Waals surface area (Å²) in [5.41, 5.74) is 3.33. The zero-order valence-corrected chi connectivity index (χ0v) is 17.0. The molecule has 0 unspecified atom stereocenters. The third kappa shape index (κ3) is 2.74. The van der Waals surface area contributed by atoms with Crippen molar-refractivity contribution >= 4 is 50.1 Å². The number of nitrogens with zero attached hydrogens (tertiary/aromatic N) is 4. The molecule has 0 bridgehead atoms. The van der Waals surface area contributed by atoms with Crippen LogP contribution in [0.4, 0.5) is 5.69 Å². The van der Waals surface area contributed by atoms with Crippen molar-refractivity contribution in [3.63, 3.8) is 0 Å². The van der Waals surface area contributed by atoms with E-state index in [4.69, 9.17) is 21.0 Å². The molecule has 8 nitrogen and oxygen atoms in total. The van der Waals surface area contributed by atoms with Gasteiger partial charge in [-0.2, -0.15) is 0 Å². The molecule has 6 rings (SSSR count). The Morgan fingerprint density at radius 1 is 0.906 bits per heavy atom. The maximum Gasteiger partial charge on any atom is 0.281 e. The maximum atomic E-state index is 11.5. The molecule has 32 heavy (non-hydrogen) atoms. The van der Waals surface area contributed by atoms with Gasteiger partial charge < -0.3 is 9.40 Å². The zero-order valence-electron chi connectivity index (χ0n) is 16.2. The Morgan fingerprint density at radius 2 is 1.62 bits per heavy atom. The Bertz CT molecular complexity index is 1620. The van der Waals surface area contributed by atoms with E-state index in [1.807, 2.05) is 24.3 Å². The molecule has 0 amide bonds. The average Bonchev–Trinajstić information content (AvgIpc) is 3.47. The summed E-state index contributed by atoms with van der Waals surface area (Å²) in [6.07, 6.45) is 3.46. The van der Waals surface area contributed by atoms with Crippen molar-refractivity contribution in [2.75, 3.05) is 0 Å². The molecular weight excluding hydrogens is 430 g/mol. The second-order valence-electron chi connectivity index (χ2n) is 7.19. The summed E-state index contributed by atoms with van der Waals surface area (Å²) in [7, 11) is 0. The van der Waals surface area contributed by atoms with Crippen LogP contribution in [0.25, 0.3) is 55.7 Å². The Hall–Kier alpha value is -4.30. The number of aromatic nitrogens is 4. The van der Waals surface area contributed by atoms with E-state index in [0.29, 0.717) is 22.9 Å². The molecule has 4 heterocycles. The van der Waals surface area contributed by atoms with E-state index in [-0.39, 0.29) is 10.7 Å². The lowest BCUT2D eigenvalue weighted by Crippen LogP contribution is -1.91. The number of hydrogen-bond acceptors (Lipinski definition) is 6. The van der Waals surface area contributed by atoms with Gasteiger partial charge >= 0.3 is 0 Å². The topological polar surface area (TPSA) is 111 Å². The minimum atomic E-state index is -0.483. The van der Waals surface area contributed by atoms with Crippen LogP contribution in [-0.2, 0) is 0 Å². The third-order valence-electron chi connectivity index (χ3n) is 5.33. The minimum absolute atomic E-state index is 0.128. The molecule has 0 spiro atoms. The van der Waals surface area contributed by atoms with E-state index in [0.717, 1.165) is 32.8 Å². The monoisotopic (exact) mass is 441 g/mol. The number of nitro benzene ring substituents is 1. The van der Waals surface area contributed by atoms with Crippen molar-refractivity contribution < 1.29 is 9.34 Å². The summed E-state index contributed by atoms with van der Waals surface area (Å²) in [6, 6.07) is 15.5. The molecule has 1 N–H and O–H groups in total. The third-order valence-corrected chi connectivity index (χ3v) is 5.56. The largest absolute Gasteiger partial charge is 0.453 e. The van der Waals surface area contributed by atoms with Gasteiger partial charge in [0.1, 0.15) is 5.76 Å². The SMILES string of the molecule is O=[N+]([O-])c1cc(Cl)ccc1-c1ccc(-c2nc3c4cccnc4c4ncccc4c3[nH]2)o1. The van der Waals surface area contributed by atoms with Gasteiger partial charge in [0.05, 0.1) is 32.6 Å². The van der Waals surface area contributed by atoms with E-state index in [9.17, 15) is 10.1 Å². The van der Waals surface area contributed by atoms with Gasteiger partial charge in [-0.3, -0.25) is 20.1 Å². The predicted molar refractivity (Wildman–Crippen MR) is 121 cm³/mol. The number of nitro groups is 1. The molecule has 0 aliphatic heterocycles. The smallest absolute Gasteiger partial charge is 0.281 e. The van der Waals surface area contributed by atoms with Crippen LogP contribution in [0.1, 0.15) is 0 Å². The molecule has 0 radical (unpaired) electrons. The Morgan fingerprint density at radius 3 is 2.41 bits per heavy atom. The molecule has 0 aliphatic carbocycles. The van der Waals surface area contributed by atoms with Crippen molar-refractivity contribution in [1.82, 2.24) is 19.9 Å². The minimum Gasteiger partial charge on any atom is -0.453 e. The molecular formula is C23H12ClN5O3. The molecule has 9 heteroatoms. The van der Waals surface area contributed by atoms with Gasteiger partial charge in [0.15, 0.2) is 11.6 Å². The van der Waals surface area contributed by atoms with Gasteiger partial charge in [-0.1, -0.05) is 11.6 Å². The quantitative estimate of drug-likeness (QED) is 0.200. The highest BCUT2D eigenvalue weighted by atomic mass is 35.5. The summed E-state index contributed by atoms with van der Waals surface area (Å²) in [5.74, 6) is 1.31. The highest BCUT2D eigenvalue weighted by molar-refractivity contribution is 6.31. The second-order valence-corrected chi connectivity index (χ2v) is 7.63. The van der Waals surface area contributed by atoms with E-state index < -0.39 is 4.92 Å². The van der Waals surface area contributed by atoms with Crippen LogP contribution in [0, 0.1) is 10.1 Å². The normalized spacial score (nSPS) is 11.5. The van der Waals surface area contributed by atoms with Gasteiger partial charge in [0, 0.05) is 34.3 Å². The van der Waals surface area contributed by atoms with Crippen LogP contribution in [0.3, 0.4) is 0 Å². The van der Waals surface area contributed by atoms with Crippen molar-refractivity contribution in [3.05, 3.63) is 82.1 Å². The zero-order chi connectivity index (χ0) is 21.8. The molecule has 2 aromatic carbocycles. The Kier molecular flexibility index (Phi) is 3.96. The van der Waals surface area contributed by atoms with Crippen molar-refractivity contribution in [2.24, 2.45) is 0 Å². The molecule has 6 aromatic rings. The first-order valence-corrected chi connectivity index (χ1v) is 10.0. The lowest BCUT2D eigenvalue weighted by Gasteiger charge is -2.03. The molecule has 0 saturated heterocycles. The van der Waals surface area contributed by atoms with E-state index in [2.05, 4.69) is 15.0 Å². The highest BCUT2D eigenvalue weighted by Gasteiger charge is 2.21. The Balaban J connectivity index is 1.56. The van der Waals surface area contributed by atoms with Crippen LogP contribution < -0.4 is 0 Å². The van der Waals surface area contributed by atoms with Gasteiger partial charge in [0.2, 0.25) is 0 Å². The van der Waals surface area contributed by atoms with E-state index >= 15 is 0 Å². The molecule has 0 fully saturated rings. The first-order chi connectivity index (χ1) is 15.6. The number of fused-ring (bicyclic) bond motifs is 6. The summed E-state index contributed by atoms with van der Waals surface area (Å²) in [5, 5.41) is 13.5. The molecule has 0 aliphatic rings. The van der Waals surface area contributed by atoms with Crippen molar-refractivity contribution in [3.8, 4) is 22.9 Å². The first kappa shape index (κ1) is 18.5. The maximum absolute atomic E-state index is 11.5. The number of imidazole rings is 1. The van der Waals surface area contributed by atoms with Gasteiger partial charge in [0.25, 0.3) is 5.69 Å². The van der Waals surface area contributed by atoms with Crippen molar-refractivity contribution in [1.29, 1.82) is 0 Å². The number of furan rings is 1. The van der Waals surface area contributed by atoms with Crippen LogP contribution in [0.15, 0.2) is 71.4 Å². The van der Waals surface area contributed by atoms with Crippen LogP contribution in [0.5, 0.6) is 0 Å². The lowest BCUT2D eigenvalue weighted by molar-refractivity contribution is -0.384. The number of hydrogen-bond donors (Lipinski definition) is 1. The highest BCUT2D eigenvalue weighted by Crippen LogP contribution is 2.37. The molecule has 0 atom stereocenters. The van der Waals surface area contributed by atoms with Crippen molar-refractivity contribution in [2.45, 2.75) is 0 Å². The number of rotatable bonds is 3. The Labute approximate surface area is 184 Å². The second kappa shape index (κ2) is 6.86. The number of aromatic amines is 1. The van der Waals surface area contributed by atoms with Crippen LogP contribution in [-0.4, -0.2) is 24.9 Å². The summed E-state index contributed by atoms with van der Waals surface area (Å²) < 4.78 is 5.97. The van der Waals surface area contributed by atoms with E-state index in [1.165, 1.54) is 6.07 Å². The molecule has 154 valence electrons. The lowest BCUT2D eigenvalue weighted by atomic mass is 10.1. The summed E-state index contributed by atoms with van der Waals surface area (Å²) in [6.45, 7) is 0.